The SMILES string of the molecule is CC[C@@H](NC(=O)COc1ccccc1F)c1ccc(OC)c(OC)c1. The van der Waals surface area contributed by atoms with Gasteiger partial charge in [-0.1, -0.05) is 25.1 Å². The first kappa shape index (κ1) is 18.6. The molecule has 0 fully saturated rings. The van der Waals surface area contributed by atoms with Gasteiger partial charge in [-0.15, -0.1) is 0 Å². The van der Waals surface area contributed by atoms with Gasteiger partial charge in [-0.25, -0.2) is 4.39 Å². The molecule has 0 aliphatic heterocycles. The molecule has 2 aromatic carbocycles. The summed E-state index contributed by atoms with van der Waals surface area (Å²) in [7, 11) is 3.13. The van der Waals surface area contributed by atoms with Crippen LogP contribution in [-0.2, 0) is 4.79 Å². The van der Waals surface area contributed by atoms with Crippen LogP contribution in [0, 0.1) is 5.82 Å². The molecule has 0 unspecified atom stereocenters. The molecule has 6 heteroatoms. The Morgan fingerprint density at radius 3 is 2.44 bits per heavy atom. The number of hydrogen-bond donors (Lipinski definition) is 1. The van der Waals surface area contributed by atoms with Crippen LogP contribution in [0.4, 0.5) is 4.39 Å². The third-order valence-corrected chi connectivity index (χ3v) is 3.75. The number of methoxy groups -OCH3 is 2. The number of rotatable bonds is 8. The van der Waals surface area contributed by atoms with Gasteiger partial charge in [-0.2, -0.15) is 0 Å². The van der Waals surface area contributed by atoms with E-state index in [0.29, 0.717) is 17.9 Å². The van der Waals surface area contributed by atoms with Gasteiger partial charge in [-0.3, -0.25) is 4.79 Å². The average Bonchev–Trinajstić information content (AvgIpc) is 2.64. The number of para-hydroxylation sites is 1. The molecule has 0 bridgehead atoms. The number of carbonyl (C=O) groups is 1. The first-order valence-electron chi connectivity index (χ1n) is 7.97. The van der Waals surface area contributed by atoms with Crippen LogP contribution >= 0.6 is 0 Å². The quantitative estimate of drug-likeness (QED) is 0.794. The summed E-state index contributed by atoms with van der Waals surface area (Å²) in [5.74, 6) is 0.439. The molecule has 1 amide bonds. The van der Waals surface area contributed by atoms with E-state index in [2.05, 4.69) is 5.32 Å². The van der Waals surface area contributed by atoms with Crippen LogP contribution in [0.2, 0.25) is 0 Å². The molecule has 0 saturated heterocycles. The van der Waals surface area contributed by atoms with E-state index in [-0.39, 0.29) is 24.3 Å². The van der Waals surface area contributed by atoms with E-state index in [1.807, 2.05) is 19.1 Å². The van der Waals surface area contributed by atoms with E-state index in [1.165, 1.54) is 12.1 Å². The maximum absolute atomic E-state index is 13.5. The van der Waals surface area contributed by atoms with Crippen LogP contribution in [-0.4, -0.2) is 26.7 Å². The molecular formula is C19H22FNO4. The van der Waals surface area contributed by atoms with E-state index < -0.39 is 5.82 Å². The van der Waals surface area contributed by atoms with Crippen LogP contribution in [0.3, 0.4) is 0 Å². The molecule has 25 heavy (non-hydrogen) atoms. The van der Waals surface area contributed by atoms with Gasteiger partial charge < -0.3 is 19.5 Å². The van der Waals surface area contributed by atoms with Crippen molar-refractivity contribution >= 4 is 5.91 Å². The van der Waals surface area contributed by atoms with E-state index in [0.717, 1.165) is 5.56 Å². The third-order valence-electron chi connectivity index (χ3n) is 3.75. The zero-order chi connectivity index (χ0) is 18.2. The minimum atomic E-state index is -0.498. The summed E-state index contributed by atoms with van der Waals surface area (Å²) in [5.41, 5.74) is 0.888. The van der Waals surface area contributed by atoms with Gasteiger partial charge in [0.1, 0.15) is 0 Å². The Bertz CT molecular complexity index is 720. The number of hydrogen-bond acceptors (Lipinski definition) is 4. The highest BCUT2D eigenvalue weighted by Gasteiger charge is 2.16. The number of amides is 1. The zero-order valence-corrected chi connectivity index (χ0v) is 14.5. The third kappa shape index (κ3) is 4.86. The highest BCUT2D eigenvalue weighted by Crippen LogP contribution is 2.30. The largest absolute Gasteiger partial charge is 0.493 e. The summed E-state index contributed by atoms with van der Waals surface area (Å²) in [4.78, 5) is 12.1. The molecule has 1 N–H and O–H groups in total. The molecule has 5 nitrogen and oxygen atoms in total. The van der Waals surface area contributed by atoms with Gasteiger partial charge >= 0.3 is 0 Å². The number of halogens is 1. The monoisotopic (exact) mass is 347 g/mol. The Hall–Kier alpha value is -2.76. The fourth-order valence-electron chi connectivity index (χ4n) is 2.43. The second-order valence-corrected chi connectivity index (χ2v) is 5.36. The van der Waals surface area contributed by atoms with Gasteiger partial charge in [0.15, 0.2) is 29.7 Å². The summed E-state index contributed by atoms with van der Waals surface area (Å²) in [6.07, 6.45) is 0.681. The predicted molar refractivity (Wildman–Crippen MR) is 92.6 cm³/mol. The van der Waals surface area contributed by atoms with Crippen LogP contribution in [0.1, 0.15) is 24.9 Å². The summed E-state index contributed by atoms with van der Waals surface area (Å²) < 4.78 is 29.2. The van der Waals surface area contributed by atoms with Crippen molar-refractivity contribution in [3.8, 4) is 17.2 Å². The van der Waals surface area contributed by atoms with Crippen molar-refractivity contribution in [1.29, 1.82) is 0 Å². The maximum Gasteiger partial charge on any atom is 0.258 e. The van der Waals surface area contributed by atoms with Crippen molar-refractivity contribution in [3.63, 3.8) is 0 Å². The van der Waals surface area contributed by atoms with Gasteiger partial charge in [-0.05, 0) is 36.2 Å². The molecule has 0 aromatic heterocycles. The second-order valence-electron chi connectivity index (χ2n) is 5.36. The Labute approximate surface area is 146 Å². The fraction of sp³-hybridized carbons (Fsp3) is 0.316. The molecule has 134 valence electrons. The molecule has 0 aliphatic carbocycles. The number of benzene rings is 2. The average molecular weight is 347 g/mol. The van der Waals surface area contributed by atoms with Crippen LogP contribution in [0.15, 0.2) is 42.5 Å². The highest BCUT2D eigenvalue weighted by atomic mass is 19.1. The lowest BCUT2D eigenvalue weighted by Crippen LogP contribution is -2.32. The molecule has 2 aromatic rings. The van der Waals surface area contributed by atoms with Crippen molar-refractivity contribution < 1.29 is 23.4 Å². The number of nitrogens with one attached hydrogen (secondary N) is 1. The predicted octanol–water partition coefficient (Wildman–Crippen LogP) is 3.49. The van der Waals surface area contributed by atoms with Crippen LogP contribution in [0.25, 0.3) is 0 Å². The first-order chi connectivity index (χ1) is 12.1. The van der Waals surface area contributed by atoms with E-state index >= 15 is 0 Å². The maximum atomic E-state index is 13.5. The zero-order valence-electron chi connectivity index (χ0n) is 14.5. The molecular weight excluding hydrogens is 325 g/mol. The fourth-order valence-corrected chi connectivity index (χ4v) is 2.43. The topological polar surface area (TPSA) is 56.8 Å². The second kappa shape index (κ2) is 8.92. The summed E-state index contributed by atoms with van der Waals surface area (Å²) in [6, 6.07) is 11.2. The van der Waals surface area contributed by atoms with E-state index in [4.69, 9.17) is 14.2 Å². The smallest absolute Gasteiger partial charge is 0.258 e. The van der Waals surface area contributed by atoms with Gasteiger partial charge in [0.2, 0.25) is 0 Å². The molecule has 2 rings (SSSR count). The van der Waals surface area contributed by atoms with Crippen LogP contribution < -0.4 is 19.5 Å². The molecule has 0 spiro atoms. The lowest BCUT2D eigenvalue weighted by atomic mass is 10.0. The molecule has 0 saturated carbocycles. The summed E-state index contributed by atoms with van der Waals surface area (Å²) in [6.45, 7) is 1.70. The van der Waals surface area contributed by atoms with Crippen molar-refractivity contribution in [2.75, 3.05) is 20.8 Å². The standard InChI is InChI=1S/C19H22FNO4/c1-4-15(13-9-10-17(23-2)18(11-13)24-3)21-19(22)12-25-16-8-6-5-7-14(16)20/h5-11,15H,4,12H2,1-3H3,(H,21,22)/t15-/m1/s1. The Morgan fingerprint density at radius 1 is 1.08 bits per heavy atom. The van der Waals surface area contributed by atoms with E-state index in [9.17, 15) is 9.18 Å². The van der Waals surface area contributed by atoms with Gasteiger partial charge in [0, 0.05) is 0 Å². The van der Waals surface area contributed by atoms with Gasteiger partial charge in [0.05, 0.1) is 20.3 Å². The lowest BCUT2D eigenvalue weighted by Gasteiger charge is -2.19. The minimum absolute atomic E-state index is 0.0526. The molecule has 1 atom stereocenters. The summed E-state index contributed by atoms with van der Waals surface area (Å²) in [5, 5.41) is 2.88. The molecule has 0 radical (unpaired) electrons. The van der Waals surface area contributed by atoms with Crippen molar-refractivity contribution in [2.24, 2.45) is 0 Å². The van der Waals surface area contributed by atoms with Crippen LogP contribution in [0.5, 0.6) is 17.2 Å². The highest BCUT2D eigenvalue weighted by molar-refractivity contribution is 5.78. The summed E-state index contributed by atoms with van der Waals surface area (Å²) >= 11 is 0. The number of carbonyl (C=O) groups excluding carboxylic acids is 1. The Balaban J connectivity index is 2.01. The number of ether oxygens (including phenoxy) is 3. The van der Waals surface area contributed by atoms with Crippen molar-refractivity contribution in [2.45, 2.75) is 19.4 Å². The van der Waals surface area contributed by atoms with Crippen molar-refractivity contribution in [3.05, 3.63) is 53.8 Å². The molecule has 0 aliphatic rings. The Kier molecular flexibility index (Phi) is 6.62. The lowest BCUT2D eigenvalue weighted by molar-refractivity contribution is -0.123. The first-order valence-corrected chi connectivity index (χ1v) is 7.97. The Morgan fingerprint density at radius 2 is 1.80 bits per heavy atom. The minimum Gasteiger partial charge on any atom is -0.493 e. The van der Waals surface area contributed by atoms with Crippen molar-refractivity contribution in [1.82, 2.24) is 5.32 Å². The molecule has 0 heterocycles. The van der Waals surface area contributed by atoms with E-state index in [1.54, 1.807) is 32.4 Å². The van der Waals surface area contributed by atoms with Gasteiger partial charge in [0.25, 0.3) is 5.91 Å². The normalized spacial score (nSPS) is 11.5.